The number of rotatable bonds is 24. The van der Waals surface area contributed by atoms with Gasteiger partial charge in [0.15, 0.2) is 17.3 Å². The van der Waals surface area contributed by atoms with Crippen molar-refractivity contribution in [1.29, 1.82) is 0 Å². The molecule has 0 aliphatic heterocycles. The van der Waals surface area contributed by atoms with Gasteiger partial charge in [-0.15, -0.1) is 11.8 Å². The molecule has 0 atom stereocenters. The molecule has 2 aromatic carbocycles. The molecular formula is C36H54O4S. The van der Waals surface area contributed by atoms with Gasteiger partial charge >= 0.3 is 0 Å². The first-order valence-corrected chi connectivity index (χ1v) is 17.1. The first kappa shape index (κ1) is 34.8. The summed E-state index contributed by atoms with van der Waals surface area (Å²) in [6, 6.07) is 11.9. The second-order valence-corrected chi connectivity index (χ2v) is 11.8. The van der Waals surface area contributed by atoms with E-state index in [1.807, 2.05) is 54.2 Å². The Bertz CT molecular complexity index is 964. The molecule has 4 nitrogen and oxygen atoms in total. The van der Waals surface area contributed by atoms with Crippen LogP contribution in [0.4, 0.5) is 0 Å². The molecule has 0 unspecified atom stereocenters. The molecule has 0 N–H and O–H groups in total. The number of carbonyl (C=O) groups excluding carboxylic acids is 1. The van der Waals surface area contributed by atoms with Gasteiger partial charge in [-0.2, -0.15) is 0 Å². The molecular weight excluding hydrogens is 528 g/mol. The van der Waals surface area contributed by atoms with Crippen molar-refractivity contribution in [3.05, 3.63) is 53.6 Å². The van der Waals surface area contributed by atoms with Crippen LogP contribution in [0.3, 0.4) is 0 Å². The molecule has 0 fully saturated rings. The lowest BCUT2D eigenvalue weighted by Gasteiger charge is -2.18. The topological polar surface area (TPSA) is 44.8 Å². The van der Waals surface area contributed by atoms with Gasteiger partial charge in [-0.3, -0.25) is 4.79 Å². The summed E-state index contributed by atoms with van der Waals surface area (Å²) in [5.74, 6) is 3.16. The number of ketones is 1. The minimum Gasteiger partial charge on any atom is -0.490 e. The summed E-state index contributed by atoms with van der Waals surface area (Å²) in [7, 11) is 0. The Morgan fingerprint density at radius 1 is 0.659 bits per heavy atom. The maximum Gasteiger partial charge on any atom is 0.203 e. The zero-order valence-electron chi connectivity index (χ0n) is 26.2. The van der Waals surface area contributed by atoms with Crippen LogP contribution >= 0.6 is 11.8 Å². The minimum atomic E-state index is -0.0163. The third-order valence-corrected chi connectivity index (χ3v) is 8.06. The number of hydrogen-bond acceptors (Lipinski definition) is 5. The fourth-order valence-corrected chi connectivity index (χ4v) is 5.15. The predicted octanol–water partition coefficient (Wildman–Crippen LogP) is 11.0. The molecule has 0 amide bonds. The van der Waals surface area contributed by atoms with E-state index in [1.54, 1.807) is 6.08 Å². The predicted molar refractivity (Wildman–Crippen MR) is 176 cm³/mol. The number of thioether (sulfide) groups is 1. The molecule has 2 aromatic rings. The Kier molecular flexibility index (Phi) is 18.9. The summed E-state index contributed by atoms with van der Waals surface area (Å²) in [5, 5.41) is 0. The summed E-state index contributed by atoms with van der Waals surface area (Å²) in [6.45, 7) is 10.7. The zero-order valence-corrected chi connectivity index (χ0v) is 27.0. The van der Waals surface area contributed by atoms with Gasteiger partial charge in [-0.25, -0.2) is 0 Å². The maximum atomic E-state index is 13.0. The number of allylic oxidation sites excluding steroid dienone is 1. The SMILES string of the molecule is CCCCCCOc1cc(C=CC(=O)c2ccc(SCCC)cc2)cc(OCCCCCC)c1OCCCCCC. The molecule has 2 rings (SSSR count). The fraction of sp³-hybridized carbons (Fsp3) is 0.583. The van der Waals surface area contributed by atoms with Crippen molar-refractivity contribution in [2.24, 2.45) is 0 Å². The normalized spacial score (nSPS) is 11.2. The summed E-state index contributed by atoms with van der Waals surface area (Å²) in [4.78, 5) is 14.2. The molecule has 0 saturated heterocycles. The van der Waals surface area contributed by atoms with Crippen LogP contribution in [-0.4, -0.2) is 31.4 Å². The second kappa shape index (κ2) is 22.2. The Morgan fingerprint density at radius 3 is 1.66 bits per heavy atom. The third-order valence-electron chi connectivity index (χ3n) is 6.84. The van der Waals surface area contributed by atoms with Crippen molar-refractivity contribution in [1.82, 2.24) is 0 Å². The van der Waals surface area contributed by atoms with Crippen LogP contribution in [0, 0.1) is 0 Å². The van der Waals surface area contributed by atoms with E-state index in [4.69, 9.17) is 14.2 Å². The molecule has 0 aromatic heterocycles. The van der Waals surface area contributed by atoms with Gasteiger partial charge in [0.1, 0.15) is 0 Å². The molecule has 0 bridgehead atoms. The Labute approximate surface area is 254 Å². The molecule has 228 valence electrons. The van der Waals surface area contributed by atoms with Crippen LogP contribution in [0.1, 0.15) is 127 Å². The van der Waals surface area contributed by atoms with Crippen molar-refractivity contribution in [3.8, 4) is 17.2 Å². The lowest BCUT2D eigenvalue weighted by molar-refractivity contribution is 0.104. The van der Waals surface area contributed by atoms with E-state index in [9.17, 15) is 4.79 Å². The Balaban J connectivity index is 2.25. The average molecular weight is 583 g/mol. The van der Waals surface area contributed by atoms with E-state index in [-0.39, 0.29) is 5.78 Å². The summed E-state index contributed by atoms with van der Waals surface area (Å²) < 4.78 is 18.9. The van der Waals surface area contributed by atoms with Crippen LogP contribution in [0.25, 0.3) is 6.08 Å². The second-order valence-electron chi connectivity index (χ2n) is 10.6. The quantitative estimate of drug-likeness (QED) is 0.0533. The number of benzene rings is 2. The monoisotopic (exact) mass is 582 g/mol. The van der Waals surface area contributed by atoms with E-state index in [1.165, 1.54) is 43.4 Å². The van der Waals surface area contributed by atoms with Crippen molar-refractivity contribution in [2.45, 2.75) is 116 Å². The molecule has 0 heterocycles. The number of hydrogen-bond donors (Lipinski definition) is 0. The third kappa shape index (κ3) is 14.4. The highest BCUT2D eigenvalue weighted by atomic mass is 32.2. The maximum absolute atomic E-state index is 13.0. The van der Waals surface area contributed by atoms with Gasteiger partial charge in [-0.1, -0.05) is 91.6 Å². The molecule has 41 heavy (non-hydrogen) atoms. The molecule has 5 heteroatoms. The minimum absolute atomic E-state index is 0.0163. The Hall–Kier alpha value is -2.40. The van der Waals surface area contributed by atoms with E-state index >= 15 is 0 Å². The lowest BCUT2D eigenvalue weighted by atomic mass is 10.1. The van der Waals surface area contributed by atoms with Crippen molar-refractivity contribution < 1.29 is 19.0 Å². The number of unbranched alkanes of at least 4 members (excludes halogenated alkanes) is 9. The summed E-state index contributed by atoms with van der Waals surface area (Å²) in [6.07, 6.45) is 18.3. The fourth-order valence-electron chi connectivity index (χ4n) is 4.38. The molecule has 0 radical (unpaired) electrons. The molecule has 0 aliphatic carbocycles. The van der Waals surface area contributed by atoms with Crippen molar-refractivity contribution >= 4 is 23.6 Å². The standard InChI is InChI=1S/C36H54O4S/c1-5-9-12-15-24-38-34-28-30(18-23-33(37)31-19-21-32(22-20-31)41-27-8-4)29-35(39-25-16-13-10-6-2)36(34)40-26-17-14-11-7-3/h18-23,28-29H,5-17,24-27H2,1-4H3. The van der Waals surface area contributed by atoms with Gasteiger partial charge in [0, 0.05) is 10.5 Å². The lowest BCUT2D eigenvalue weighted by Crippen LogP contribution is -2.07. The van der Waals surface area contributed by atoms with Crippen LogP contribution in [0.15, 0.2) is 47.4 Å². The van der Waals surface area contributed by atoms with Gasteiger partial charge in [0.05, 0.1) is 19.8 Å². The van der Waals surface area contributed by atoms with Crippen molar-refractivity contribution in [2.75, 3.05) is 25.6 Å². The molecule has 0 spiro atoms. The highest BCUT2D eigenvalue weighted by Gasteiger charge is 2.16. The van der Waals surface area contributed by atoms with Crippen LogP contribution < -0.4 is 14.2 Å². The Morgan fingerprint density at radius 2 is 1.17 bits per heavy atom. The first-order chi connectivity index (χ1) is 20.1. The van der Waals surface area contributed by atoms with Crippen LogP contribution in [0.5, 0.6) is 17.2 Å². The van der Waals surface area contributed by atoms with Crippen molar-refractivity contribution in [3.63, 3.8) is 0 Å². The van der Waals surface area contributed by atoms with Crippen LogP contribution in [0.2, 0.25) is 0 Å². The number of ether oxygens (including phenoxy) is 3. The summed E-state index contributed by atoms with van der Waals surface area (Å²) in [5.41, 5.74) is 1.56. The highest BCUT2D eigenvalue weighted by molar-refractivity contribution is 7.99. The van der Waals surface area contributed by atoms with Gasteiger partial charge in [-0.05, 0) is 79.5 Å². The smallest absolute Gasteiger partial charge is 0.203 e. The van der Waals surface area contributed by atoms with E-state index in [0.29, 0.717) is 42.6 Å². The van der Waals surface area contributed by atoms with Gasteiger partial charge in [0.25, 0.3) is 0 Å². The van der Waals surface area contributed by atoms with E-state index < -0.39 is 0 Å². The van der Waals surface area contributed by atoms with Gasteiger partial charge < -0.3 is 14.2 Å². The number of carbonyl (C=O) groups is 1. The zero-order chi connectivity index (χ0) is 29.5. The first-order valence-electron chi connectivity index (χ1n) is 16.1. The molecule has 0 aliphatic rings. The summed E-state index contributed by atoms with van der Waals surface area (Å²) >= 11 is 1.82. The van der Waals surface area contributed by atoms with E-state index in [0.717, 1.165) is 56.3 Å². The van der Waals surface area contributed by atoms with E-state index in [2.05, 4.69) is 27.7 Å². The van der Waals surface area contributed by atoms with Gasteiger partial charge in [0.2, 0.25) is 5.75 Å². The largest absolute Gasteiger partial charge is 0.490 e. The average Bonchev–Trinajstić information content (AvgIpc) is 2.99. The molecule has 0 saturated carbocycles. The van der Waals surface area contributed by atoms with Crippen LogP contribution in [-0.2, 0) is 0 Å². The highest BCUT2D eigenvalue weighted by Crippen LogP contribution is 2.40.